The predicted molar refractivity (Wildman–Crippen MR) is 65.4 cm³/mol. The minimum absolute atomic E-state index is 0.285. The lowest BCUT2D eigenvalue weighted by atomic mass is 9.91. The lowest BCUT2D eigenvalue weighted by Gasteiger charge is -2.10. The molecule has 0 atom stereocenters. The fraction of sp³-hybridized carbons (Fsp3) is 0.286. The highest BCUT2D eigenvalue weighted by molar-refractivity contribution is 5.70. The van der Waals surface area contributed by atoms with Gasteiger partial charge in [0.05, 0.1) is 0 Å². The fourth-order valence-electron chi connectivity index (χ4n) is 1.94. The molecule has 0 unspecified atom stereocenters. The first-order valence-corrected chi connectivity index (χ1v) is 5.63. The standard InChI is InChI=1S/C14H14O2/c1-2-3-9-11-12(14(16)13(11)15)10-7-5-4-6-8-10/h4-8H,2-3,9H2,1H3. The van der Waals surface area contributed by atoms with Crippen LogP contribution in [0.4, 0.5) is 0 Å². The fourth-order valence-corrected chi connectivity index (χ4v) is 1.94. The van der Waals surface area contributed by atoms with E-state index in [1.54, 1.807) is 0 Å². The summed E-state index contributed by atoms with van der Waals surface area (Å²) in [5.74, 6) is 0. The van der Waals surface area contributed by atoms with Crippen LogP contribution >= 0.6 is 0 Å². The zero-order valence-corrected chi connectivity index (χ0v) is 9.32. The first-order chi connectivity index (χ1) is 7.75. The van der Waals surface area contributed by atoms with Gasteiger partial charge in [-0.05, 0) is 18.4 Å². The van der Waals surface area contributed by atoms with Gasteiger partial charge in [0.1, 0.15) is 0 Å². The van der Waals surface area contributed by atoms with Crippen molar-refractivity contribution in [1.82, 2.24) is 0 Å². The zero-order chi connectivity index (χ0) is 11.5. The van der Waals surface area contributed by atoms with Crippen LogP contribution in [0.1, 0.15) is 25.3 Å². The molecule has 0 spiro atoms. The van der Waals surface area contributed by atoms with Crippen LogP contribution in [0.5, 0.6) is 0 Å². The first-order valence-electron chi connectivity index (χ1n) is 5.63. The molecule has 0 amide bonds. The highest BCUT2D eigenvalue weighted by Gasteiger charge is 2.20. The Kier molecular flexibility index (Phi) is 3.00. The van der Waals surface area contributed by atoms with Gasteiger partial charge in [0.15, 0.2) is 0 Å². The van der Waals surface area contributed by atoms with Crippen LogP contribution in [0.3, 0.4) is 0 Å². The molecule has 0 heterocycles. The van der Waals surface area contributed by atoms with E-state index in [0.29, 0.717) is 5.56 Å². The van der Waals surface area contributed by atoms with Crippen LogP contribution in [0.15, 0.2) is 39.9 Å². The molecule has 0 aliphatic rings. The molecule has 82 valence electrons. The molecule has 2 aromatic carbocycles. The quantitative estimate of drug-likeness (QED) is 0.732. The Morgan fingerprint density at radius 1 is 1.00 bits per heavy atom. The maximum atomic E-state index is 11.5. The predicted octanol–water partition coefficient (Wildman–Crippen LogP) is 2.29. The second-order valence-electron chi connectivity index (χ2n) is 3.98. The van der Waals surface area contributed by atoms with Crippen molar-refractivity contribution >= 4 is 0 Å². The molecule has 0 aliphatic heterocycles. The van der Waals surface area contributed by atoms with E-state index in [4.69, 9.17) is 0 Å². The van der Waals surface area contributed by atoms with Crippen molar-refractivity contribution in [2.45, 2.75) is 26.2 Å². The molecule has 0 saturated carbocycles. The third kappa shape index (κ3) is 1.71. The van der Waals surface area contributed by atoms with E-state index >= 15 is 0 Å². The van der Waals surface area contributed by atoms with Crippen molar-refractivity contribution in [2.24, 2.45) is 0 Å². The maximum Gasteiger partial charge on any atom is 0.234 e. The van der Waals surface area contributed by atoms with Crippen LogP contribution in [0.2, 0.25) is 0 Å². The second kappa shape index (κ2) is 4.44. The SMILES string of the molecule is CCCCc1c(-c2ccccc2)c(=O)c1=O. The molecule has 0 saturated heterocycles. The van der Waals surface area contributed by atoms with Crippen LogP contribution in [0.25, 0.3) is 11.1 Å². The largest absolute Gasteiger partial charge is 0.285 e. The van der Waals surface area contributed by atoms with Gasteiger partial charge < -0.3 is 0 Å². The summed E-state index contributed by atoms with van der Waals surface area (Å²) in [6.07, 6.45) is 2.73. The minimum Gasteiger partial charge on any atom is -0.285 e. The average molecular weight is 214 g/mol. The number of unbranched alkanes of at least 4 members (excludes halogenated alkanes) is 1. The number of rotatable bonds is 4. The lowest BCUT2D eigenvalue weighted by molar-refractivity contribution is 0.786. The van der Waals surface area contributed by atoms with E-state index < -0.39 is 0 Å². The second-order valence-corrected chi connectivity index (χ2v) is 3.98. The summed E-state index contributed by atoms with van der Waals surface area (Å²) in [7, 11) is 0. The Morgan fingerprint density at radius 3 is 2.31 bits per heavy atom. The van der Waals surface area contributed by atoms with Gasteiger partial charge in [-0.15, -0.1) is 0 Å². The summed E-state index contributed by atoms with van der Waals surface area (Å²) < 4.78 is 0. The Hall–Kier alpha value is -1.70. The molecule has 0 bridgehead atoms. The van der Waals surface area contributed by atoms with Gasteiger partial charge in [-0.2, -0.15) is 0 Å². The van der Waals surface area contributed by atoms with Crippen LogP contribution in [-0.4, -0.2) is 0 Å². The molecule has 2 rings (SSSR count). The summed E-state index contributed by atoms with van der Waals surface area (Å²) in [5, 5.41) is 0. The normalized spacial score (nSPS) is 10.8. The van der Waals surface area contributed by atoms with Gasteiger partial charge >= 0.3 is 0 Å². The Morgan fingerprint density at radius 2 is 1.69 bits per heavy atom. The number of benzene rings is 1. The smallest absolute Gasteiger partial charge is 0.234 e. The highest BCUT2D eigenvalue weighted by atomic mass is 16.2. The number of hydrogen-bond donors (Lipinski definition) is 0. The van der Waals surface area contributed by atoms with Gasteiger partial charge in [0, 0.05) is 11.1 Å². The lowest BCUT2D eigenvalue weighted by Crippen LogP contribution is -2.37. The monoisotopic (exact) mass is 214 g/mol. The molecule has 0 fully saturated rings. The summed E-state index contributed by atoms with van der Waals surface area (Å²) >= 11 is 0. The van der Waals surface area contributed by atoms with Crippen molar-refractivity contribution in [3.63, 3.8) is 0 Å². The topological polar surface area (TPSA) is 34.1 Å². The molecule has 2 aromatic rings. The van der Waals surface area contributed by atoms with Crippen molar-refractivity contribution in [1.29, 1.82) is 0 Å². The molecule has 0 aliphatic carbocycles. The molecular weight excluding hydrogens is 200 g/mol. The van der Waals surface area contributed by atoms with Crippen molar-refractivity contribution in [3.05, 3.63) is 56.3 Å². The number of hydrogen-bond acceptors (Lipinski definition) is 2. The van der Waals surface area contributed by atoms with Crippen molar-refractivity contribution in [3.8, 4) is 11.1 Å². The summed E-state index contributed by atoms with van der Waals surface area (Å²) in [4.78, 5) is 23.0. The molecule has 2 nitrogen and oxygen atoms in total. The maximum absolute atomic E-state index is 11.5. The Labute approximate surface area is 94.3 Å². The first kappa shape index (κ1) is 10.8. The third-order valence-electron chi connectivity index (χ3n) is 2.85. The molecule has 0 aromatic heterocycles. The Bertz CT molecular complexity index is 546. The Balaban J connectivity index is 2.39. The van der Waals surface area contributed by atoms with Crippen LogP contribution < -0.4 is 10.9 Å². The van der Waals surface area contributed by atoms with Crippen molar-refractivity contribution < 1.29 is 0 Å². The minimum atomic E-state index is -0.322. The molecular formula is C14H14O2. The summed E-state index contributed by atoms with van der Waals surface area (Å²) in [6, 6.07) is 9.43. The molecule has 0 N–H and O–H groups in total. The zero-order valence-electron chi connectivity index (χ0n) is 9.32. The van der Waals surface area contributed by atoms with Crippen LogP contribution in [-0.2, 0) is 6.42 Å². The van der Waals surface area contributed by atoms with E-state index in [2.05, 4.69) is 6.92 Å². The average Bonchev–Trinajstić information content (AvgIpc) is 2.34. The molecule has 16 heavy (non-hydrogen) atoms. The van der Waals surface area contributed by atoms with Gasteiger partial charge in [-0.1, -0.05) is 43.7 Å². The summed E-state index contributed by atoms with van der Waals surface area (Å²) in [6.45, 7) is 2.08. The van der Waals surface area contributed by atoms with E-state index in [1.165, 1.54) is 0 Å². The van der Waals surface area contributed by atoms with E-state index in [-0.39, 0.29) is 10.9 Å². The highest BCUT2D eigenvalue weighted by Crippen LogP contribution is 2.20. The van der Waals surface area contributed by atoms with Gasteiger partial charge in [0.2, 0.25) is 10.9 Å². The van der Waals surface area contributed by atoms with E-state index in [0.717, 1.165) is 30.4 Å². The summed E-state index contributed by atoms with van der Waals surface area (Å²) in [5.41, 5.74) is 1.62. The van der Waals surface area contributed by atoms with Gasteiger partial charge in [-0.3, -0.25) is 9.59 Å². The van der Waals surface area contributed by atoms with Crippen molar-refractivity contribution in [2.75, 3.05) is 0 Å². The molecule has 0 radical (unpaired) electrons. The van der Waals surface area contributed by atoms with E-state index in [1.807, 2.05) is 30.3 Å². The van der Waals surface area contributed by atoms with Gasteiger partial charge in [-0.25, -0.2) is 0 Å². The van der Waals surface area contributed by atoms with Crippen LogP contribution in [0, 0.1) is 0 Å². The van der Waals surface area contributed by atoms with Gasteiger partial charge in [0.25, 0.3) is 0 Å². The van der Waals surface area contributed by atoms with E-state index in [9.17, 15) is 9.59 Å². The molecule has 2 heteroatoms. The third-order valence-corrected chi connectivity index (χ3v) is 2.85.